The zero-order valence-corrected chi connectivity index (χ0v) is 18.3. The number of nitrogens with zero attached hydrogens (tertiary/aromatic N) is 2. The molecule has 32 heavy (non-hydrogen) atoms. The third kappa shape index (κ3) is 4.39. The Morgan fingerprint density at radius 1 is 0.844 bits per heavy atom. The number of ether oxygens (including phenoxy) is 1. The summed E-state index contributed by atoms with van der Waals surface area (Å²) in [6, 6.07) is 21.5. The van der Waals surface area contributed by atoms with Gasteiger partial charge in [-0.1, -0.05) is 12.1 Å². The van der Waals surface area contributed by atoms with Gasteiger partial charge in [0.15, 0.2) is 0 Å². The number of phenolic OH excluding ortho intramolecular Hbond substituents is 2. The molecule has 3 aromatic carbocycles. The van der Waals surface area contributed by atoms with Crippen molar-refractivity contribution in [2.75, 3.05) is 31.1 Å². The first-order chi connectivity index (χ1) is 15.7. The smallest absolute Gasteiger partial charge is 0.119 e. The van der Waals surface area contributed by atoms with Crippen LogP contribution >= 0.6 is 0 Å². The lowest BCUT2D eigenvalue weighted by molar-refractivity contribution is 0.237. The third-order valence-corrected chi connectivity index (χ3v) is 6.59. The second kappa shape index (κ2) is 9.13. The van der Waals surface area contributed by atoms with E-state index >= 15 is 0 Å². The first-order valence-corrected chi connectivity index (χ1v) is 11.5. The van der Waals surface area contributed by atoms with E-state index in [4.69, 9.17) is 4.74 Å². The maximum Gasteiger partial charge on any atom is 0.119 e. The van der Waals surface area contributed by atoms with Crippen LogP contribution in [0.3, 0.4) is 0 Å². The van der Waals surface area contributed by atoms with Crippen LogP contribution in [0.5, 0.6) is 17.2 Å². The van der Waals surface area contributed by atoms with Crippen molar-refractivity contribution in [1.29, 1.82) is 0 Å². The summed E-state index contributed by atoms with van der Waals surface area (Å²) < 4.78 is 5.99. The number of anilines is 2. The largest absolute Gasteiger partial charge is 0.508 e. The first-order valence-electron chi connectivity index (χ1n) is 11.5. The van der Waals surface area contributed by atoms with Gasteiger partial charge in [0, 0.05) is 17.9 Å². The minimum atomic E-state index is 0.162. The number of fused-ring (bicyclic) bond motifs is 1. The van der Waals surface area contributed by atoms with Crippen molar-refractivity contribution in [3.8, 4) is 17.2 Å². The molecule has 0 amide bonds. The van der Waals surface area contributed by atoms with E-state index in [2.05, 4.69) is 34.1 Å². The molecule has 166 valence electrons. The lowest BCUT2D eigenvalue weighted by atomic mass is 9.90. The number of phenols is 2. The number of aromatic hydroxyl groups is 2. The first kappa shape index (κ1) is 20.7. The van der Waals surface area contributed by atoms with Crippen molar-refractivity contribution in [2.45, 2.75) is 31.7 Å². The van der Waals surface area contributed by atoms with Crippen LogP contribution in [0.1, 0.15) is 36.4 Å². The second-order valence-electron chi connectivity index (χ2n) is 8.72. The molecule has 3 aromatic rings. The Morgan fingerprint density at radius 3 is 2.31 bits per heavy atom. The SMILES string of the molecule is Oc1ccc(N2c3ccc(O)cc3CCC2c2ccc(OCCN3CCCC3)cc2)cc1. The van der Waals surface area contributed by atoms with E-state index in [0.29, 0.717) is 5.75 Å². The highest BCUT2D eigenvalue weighted by Gasteiger charge is 2.29. The molecule has 2 N–H and O–H groups in total. The van der Waals surface area contributed by atoms with Gasteiger partial charge in [-0.3, -0.25) is 4.90 Å². The fraction of sp³-hybridized carbons (Fsp3) is 0.333. The fourth-order valence-corrected chi connectivity index (χ4v) is 4.93. The van der Waals surface area contributed by atoms with Crippen LogP contribution in [0.4, 0.5) is 11.4 Å². The quantitative estimate of drug-likeness (QED) is 0.549. The van der Waals surface area contributed by atoms with Crippen molar-refractivity contribution in [3.05, 3.63) is 77.9 Å². The minimum Gasteiger partial charge on any atom is -0.508 e. The molecule has 5 nitrogen and oxygen atoms in total. The lowest BCUT2D eigenvalue weighted by Crippen LogP contribution is -2.29. The predicted octanol–water partition coefficient (Wildman–Crippen LogP) is 5.40. The molecule has 5 heteroatoms. The molecule has 0 aromatic heterocycles. The van der Waals surface area contributed by atoms with Gasteiger partial charge in [0.2, 0.25) is 0 Å². The maximum absolute atomic E-state index is 9.97. The Labute approximate surface area is 189 Å². The number of hydrogen-bond acceptors (Lipinski definition) is 5. The summed E-state index contributed by atoms with van der Waals surface area (Å²) in [7, 11) is 0. The van der Waals surface area contributed by atoms with Gasteiger partial charge in [-0.15, -0.1) is 0 Å². The molecule has 1 unspecified atom stereocenters. The molecule has 0 saturated carbocycles. The topological polar surface area (TPSA) is 56.2 Å². The molecule has 0 radical (unpaired) electrons. The van der Waals surface area contributed by atoms with Gasteiger partial charge >= 0.3 is 0 Å². The number of rotatable bonds is 6. The summed E-state index contributed by atoms with van der Waals surface area (Å²) in [6.07, 6.45) is 4.44. The summed E-state index contributed by atoms with van der Waals surface area (Å²) in [6.45, 7) is 4.09. The van der Waals surface area contributed by atoms with E-state index in [1.54, 1.807) is 18.2 Å². The highest BCUT2D eigenvalue weighted by Crippen LogP contribution is 2.45. The Bertz CT molecular complexity index is 1040. The van der Waals surface area contributed by atoms with E-state index < -0.39 is 0 Å². The minimum absolute atomic E-state index is 0.162. The molecule has 2 aliphatic rings. The Hall–Kier alpha value is -3.18. The average Bonchev–Trinajstić information content (AvgIpc) is 3.33. The molecule has 5 rings (SSSR count). The normalized spacial score (nSPS) is 18.5. The second-order valence-corrected chi connectivity index (χ2v) is 8.72. The van der Waals surface area contributed by atoms with Gasteiger partial charge in [0.05, 0.1) is 6.04 Å². The van der Waals surface area contributed by atoms with E-state index in [-0.39, 0.29) is 11.8 Å². The highest BCUT2D eigenvalue weighted by atomic mass is 16.5. The number of aryl methyl sites for hydroxylation is 1. The molecular formula is C27H30N2O3. The predicted molar refractivity (Wildman–Crippen MR) is 127 cm³/mol. The summed E-state index contributed by atoms with van der Waals surface area (Å²) in [4.78, 5) is 4.77. The summed E-state index contributed by atoms with van der Waals surface area (Å²) >= 11 is 0. The molecule has 1 saturated heterocycles. The number of likely N-dealkylation sites (tertiary alicyclic amines) is 1. The molecular weight excluding hydrogens is 400 g/mol. The Balaban J connectivity index is 1.37. The van der Waals surface area contributed by atoms with Crippen LogP contribution < -0.4 is 9.64 Å². The zero-order valence-electron chi connectivity index (χ0n) is 18.3. The van der Waals surface area contributed by atoms with Gasteiger partial charge < -0.3 is 19.8 Å². The van der Waals surface area contributed by atoms with Crippen molar-refractivity contribution in [3.63, 3.8) is 0 Å². The zero-order chi connectivity index (χ0) is 21.9. The van der Waals surface area contributed by atoms with Crippen LogP contribution in [0.15, 0.2) is 66.7 Å². The molecule has 2 heterocycles. The summed E-state index contributed by atoms with van der Waals surface area (Å²) in [5.74, 6) is 1.46. The molecule has 1 fully saturated rings. The van der Waals surface area contributed by atoms with Gasteiger partial charge in [-0.25, -0.2) is 0 Å². The van der Waals surface area contributed by atoms with Crippen molar-refractivity contribution in [1.82, 2.24) is 4.90 Å². The van der Waals surface area contributed by atoms with Crippen molar-refractivity contribution < 1.29 is 14.9 Å². The average molecular weight is 431 g/mol. The summed E-state index contributed by atoms with van der Waals surface area (Å²) in [5.41, 5.74) is 4.47. The van der Waals surface area contributed by atoms with E-state index in [0.717, 1.165) is 48.7 Å². The molecule has 0 aliphatic carbocycles. The van der Waals surface area contributed by atoms with Gasteiger partial charge in [0.25, 0.3) is 0 Å². The van der Waals surface area contributed by atoms with Gasteiger partial charge in [0.1, 0.15) is 23.9 Å². The van der Waals surface area contributed by atoms with Crippen molar-refractivity contribution >= 4 is 11.4 Å². The van der Waals surface area contributed by atoms with Crippen LogP contribution in [0, 0.1) is 0 Å². The van der Waals surface area contributed by atoms with E-state index in [9.17, 15) is 10.2 Å². The van der Waals surface area contributed by atoms with E-state index in [1.807, 2.05) is 24.3 Å². The summed E-state index contributed by atoms with van der Waals surface area (Å²) in [5, 5.41) is 19.7. The van der Waals surface area contributed by atoms with Crippen LogP contribution in [-0.2, 0) is 6.42 Å². The monoisotopic (exact) mass is 430 g/mol. The Morgan fingerprint density at radius 2 is 1.56 bits per heavy atom. The highest BCUT2D eigenvalue weighted by molar-refractivity contribution is 5.71. The van der Waals surface area contributed by atoms with Gasteiger partial charge in [-0.05, 0) is 104 Å². The maximum atomic E-state index is 9.97. The molecule has 2 aliphatic heterocycles. The fourth-order valence-electron chi connectivity index (χ4n) is 4.93. The molecule has 0 spiro atoms. The number of benzene rings is 3. The number of hydrogen-bond donors (Lipinski definition) is 2. The molecule has 1 atom stereocenters. The van der Waals surface area contributed by atoms with Crippen LogP contribution in [-0.4, -0.2) is 41.4 Å². The van der Waals surface area contributed by atoms with Crippen molar-refractivity contribution in [2.24, 2.45) is 0 Å². The van der Waals surface area contributed by atoms with E-state index in [1.165, 1.54) is 31.5 Å². The third-order valence-electron chi connectivity index (χ3n) is 6.59. The van der Waals surface area contributed by atoms with Crippen LogP contribution in [0.25, 0.3) is 0 Å². The van der Waals surface area contributed by atoms with Gasteiger partial charge in [-0.2, -0.15) is 0 Å². The van der Waals surface area contributed by atoms with Crippen LogP contribution in [0.2, 0.25) is 0 Å². The standard InChI is InChI=1S/C27H30N2O3/c30-23-8-6-22(7-9-23)29-26(13-5-21-19-24(31)10-14-27(21)29)20-3-11-25(12-4-20)32-18-17-28-15-1-2-16-28/h3-4,6-12,14,19,26,30-31H,1-2,5,13,15-18H2. The Kier molecular flexibility index (Phi) is 5.91. The molecule has 0 bridgehead atoms. The lowest BCUT2D eigenvalue weighted by Gasteiger charge is -2.39.